The van der Waals surface area contributed by atoms with Gasteiger partial charge in [-0.25, -0.2) is 4.39 Å². The summed E-state index contributed by atoms with van der Waals surface area (Å²) in [5.74, 6) is 0.0335. The van der Waals surface area contributed by atoms with Gasteiger partial charge in [0, 0.05) is 18.2 Å². The van der Waals surface area contributed by atoms with Gasteiger partial charge in [0.25, 0.3) is 5.91 Å². The topological polar surface area (TPSA) is 55.1 Å². The van der Waals surface area contributed by atoms with Crippen molar-refractivity contribution < 1.29 is 9.18 Å². The third kappa shape index (κ3) is 3.43. The summed E-state index contributed by atoms with van der Waals surface area (Å²) in [5, 5.41) is 2.92. The number of nitrogens with two attached hydrogens (primary N) is 1. The lowest BCUT2D eigenvalue weighted by Gasteiger charge is -2.16. The standard InChI is InChI=1S/C13H17FN2O.ClH/c1-8-6-10(14)4-5-11(8)13(17)16-12(7-15)9-2-3-9;/h4-6,9,12H,2-3,7,15H2,1H3,(H,16,17);1H. The van der Waals surface area contributed by atoms with Crippen molar-refractivity contribution in [2.24, 2.45) is 11.7 Å². The van der Waals surface area contributed by atoms with E-state index in [9.17, 15) is 9.18 Å². The van der Waals surface area contributed by atoms with E-state index in [1.807, 2.05) is 0 Å². The first-order valence-corrected chi connectivity index (χ1v) is 5.89. The molecule has 5 heteroatoms. The number of amides is 1. The van der Waals surface area contributed by atoms with E-state index in [2.05, 4.69) is 5.32 Å². The molecule has 1 aromatic carbocycles. The molecule has 18 heavy (non-hydrogen) atoms. The van der Waals surface area contributed by atoms with Gasteiger partial charge in [-0.05, 0) is 49.4 Å². The monoisotopic (exact) mass is 272 g/mol. The van der Waals surface area contributed by atoms with E-state index in [0.29, 0.717) is 23.6 Å². The van der Waals surface area contributed by atoms with Crippen LogP contribution in [-0.2, 0) is 0 Å². The van der Waals surface area contributed by atoms with E-state index >= 15 is 0 Å². The number of rotatable bonds is 4. The van der Waals surface area contributed by atoms with Crippen molar-refractivity contribution in [3.63, 3.8) is 0 Å². The molecule has 0 radical (unpaired) electrons. The number of nitrogens with one attached hydrogen (secondary N) is 1. The van der Waals surface area contributed by atoms with Crippen LogP contribution >= 0.6 is 12.4 Å². The zero-order valence-electron chi connectivity index (χ0n) is 10.3. The van der Waals surface area contributed by atoms with Crippen LogP contribution in [0.2, 0.25) is 0 Å². The Morgan fingerprint density at radius 3 is 2.72 bits per heavy atom. The minimum Gasteiger partial charge on any atom is -0.348 e. The van der Waals surface area contributed by atoms with Crippen LogP contribution in [0, 0.1) is 18.7 Å². The molecule has 100 valence electrons. The Kier molecular flexibility index (Phi) is 5.11. The van der Waals surface area contributed by atoms with Crippen LogP contribution in [0.1, 0.15) is 28.8 Å². The summed E-state index contributed by atoms with van der Waals surface area (Å²) in [6, 6.07) is 4.23. The van der Waals surface area contributed by atoms with Gasteiger partial charge in [-0.1, -0.05) is 0 Å². The molecule has 0 spiro atoms. The van der Waals surface area contributed by atoms with E-state index in [0.717, 1.165) is 12.8 Å². The van der Waals surface area contributed by atoms with Gasteiger partial charge in [0.05, 0.1) is 0 Å². The average molecular weight is 273 g/mol. The summed E-state index contributed by atoms with van der Waals surface area (Å²) < 4.78 is 12.9. The zero-order chi connectivity index (χ0) is 12.4. The number of halogens is 2. The fraction of sp³-hybridized carbons (Fsp3) is 0.462. The molecule has 3 N–H and O–H groups in total. The second kappa shape index (κ2) is 6.16. The fourth-order valence-corrected chi connectivity index (χ4v) is 2.00. The van der Waals surface area contributed by atoms with Gasteiger partial charge in [0.2, 0.25) is 0 Å². The Balaban J connectivity index is 0.00000162. The lowest BCUT2D eigenvalue weighted by atomic mass is 10.1. The maximum Gasteiger partial charge on any atom is 0.251 e. The predicted octanol–water partition coefficient (Wildman–Crippen LogP) is 2.02. The molecule has 3 nitrogen and oxygen atoms in total. The third-order valence-electron chi connectivity index (χ3n) is 3.19. The summed E-state index contributed by atoms with van der Waals surface area (Å²) in [4.78, 5) is 12.0. The molecule has 0 saturated heterocycles. The highest BCUT2D eigenvalue weighted by atomic mass is 35.5. The van der Waals surface area contributed by atoms with Crippen molar-refractivity contribution in [2.45, 2.75) is 25.8 Å². The molecule has 0 aliphatic heterocycles. The van der Waals surface area contributed by atoms with Gasteiger partial charge in [-0.2, -0.15) is 0 Å². The predicted molar refractivity (Wildman–Crippen MR) is 71.4 cm³/mol. The molecule has 1 aliphatic rings. The number of carbonyl (C=O) groups is 1. The van der Waals surface area contributed by atoms with Crippen LogP contribution in [0.5, 0.6) is 0 Å². The summed E-state index contributed by atoms with van der Waals surface area (Å²) in [6.45, 7) is 2.18. The number of carbonyl (C=O) groups excluding carboxylic acids is 1. The molecule has 1 aromatic rings. The summed E-state index contributed by atoms with van der Waals surface area (Å²) in [6.07, 6.45) is 2.26. The molecule has 2 rings (SSSR count). The van der Waals surface area contributed by atoms with Crippen LogP contribution in [0.15, 0.2) is 18.2 Å². The average Bonchev–Trinajstić information content (AvgIpc) is 3.09. The minimum atomic E-state index is -0.323. The van der Waals surface area contributed by atoms with Crippen LogP contribution in [-0.4, -0.2) is 18.5 Å². The lowest BCUT2D eigenvalue weighted by Crippen LogP contribution is -2.41. The Bertz CT molecular complexity index is 435. The summed E-state index contributed by atoms with van der Waals surface area (Å²) in [7, 11) is 0. The second-order valence-electron chi connectivity index (χ2n) is 4.61. The second-order valence-corrected chi connectivity index (χ2v) is 4.61. The van der Waals surface area contributed by atoms with Gasteiger partial charge in [-0.3, -0.25) is 4.79 Å². The SMILES string of the molecule is Cc1cc(F)ccc1C(=O)NC(CN)C1CC1.Cl. The van der Waals surface area contributed by atoms with E-state index in [1.165, 1.54) is 18.2 Å². The molecule has 0 aromatic heterocycles. The fourth-order valence-electron chi connectivity index (χ4n) is 2.00. The molecule has 0 heterocycles. The first-order valence-electron chi connectivity index (χ1n) is 5.89. The van der Waals surface area contributed by atoms with E-state index < -0.39 is 0 Å². The van der Waals surface area contributed by atoms with Crippen molar-refractivity contribution in [3.8, 4) is 0 Å². The van der Waals surface area contributed by atoms with Crippen LogP contribution < -0.4 is 11.1 Å². The highest BCUT2D eigenvalue weighted by Crippen LogP contribution is 2.32. The molecular weight excluding hydrogens is 255 g/mol. The van der Waals surface area contributed by atoms with Crippen molar-refractivity contribution in [1.82, 2.24) is 5.32 Å². The lowest BCUT2D eigenvalue weighted by molar-refractivity contribution is 0.0933. The highest BCUT2D eigenvalue weighted by molar-refractivity contribution is 5.95. The van der Waals surface area contributed by atoms with Gasteiger partial charge >= 0.3 is 0 Å². The zero-order valence-corrected chi connectivity index (χ0v) is 11.1. The van der Waals surface area contributed by atoms with E-state index in [1.54, 1.807) is 6.92 Å². The first kappa shape index (κ1) is 14.9. The smallest absolute Gasteiger partial charge is 0.251 e. The quantitative estimate of drug-likeness (QED) is 0.881. The van der Waals surface area contributed by atoms with E-state index in [4.69, 9.17) is 5.73 Å². The van der Waals surface area contributed by atoms with Crippen LogP contribution in [0.25, 0.3) is 0 Å². The number of benzene rings is 1. The van der Waals surface area contributed by atoms with Gasteiger partial charge in [0.15, 0.2) is 0 Å². The van der Waals surface area contributed by atoms with Crippen molar-refractivity contribution in [2.75, 3.05) is 6.54 Å². The molecule has 1 aliphatic carbocycles. The van der Waals surface area contributed by atoms with Gasteiger partial charge in [-0.15, -0.1) is 12.4 Å². The maximum atomic E-state index is 12.9. The minimum absolute atomic E-state index is 0. The van der Waals surface area contributed by atoms with Crippen molar-refractivity contribution in [1.29, 1.82) is 0 Å². The third-order valence-corrected chi connectivity index (χ3v) is 3.19. The highest BCUT2D eigenvalue weighted by Gasteiger charge is 2.31. The molecule has 0 bridgehead atoms. The Hall–Kier alpha value is -1.13. The summed E-state index contributed by atoms with van der Waals surface area (Å²) >= 11 is 0. The van der Waals surface area contributed by atoms with Crippen molar-refractivity contribution in [3.05, 3.63) is 35.1 Å². The molecule has 1 amide bonds. The maximum absolute atomic E-state index is 12.9. The molecule has 1 saturated carbocycles. The Morgan fingerprint density at radius 1 is 1.56 bits per heavy atom. The molecule has 1 fully saturated rings. The van der Waals surface area contributed by atoms with Crippen LogP contribution in [0.3, 0.4) is 0 Å². The number of hydrogen-bond donors (Lipinski definition) is 2. The number of hydrogen-bond acceptors (Lipinski definition) is 2. The molecule has 1 unspecified atom stereocenters. The van der Waals surface area contributed by atoms with Crippen molar-refractivity contribution >= 4 is 18.3 Å². The molecular formula is C13H18ClFN2O. The summed E-state index contributed by atoms with van der Waals surface area (Å²) in [5.41, 5.74) is 6.79. The van der Waals surface area contributed by atoms with Gasteiger partial charge < -0.3 is 11.1 Å². The normalized spacial score (nSPS) is 15.7. The van der Waals surface area contributed by atoms with Gasteiger partial charge in [0.1, 0.15) is 5.82 Å². The molecule has 1 atom stereocenters. The van der Waals surface area contributed by atoms with E-state index in [-0.39, 0.29) is 30.2 Å². The number of aryl methyl sites for hydroxylation is 1. The Labute approximate surface area is 112 Å². The Morgan fingerprint density at radius 2 is 2.22 bits per heavy atom. The largest absolute Gasteiger partial charge is 0.348 e. The van der Waals surface area contributed by atoms with Crippen LogP contribution in [0.4, 0.5) is 4.39 Å². The first-order chi connectivity index (χ1) is 8.11.